The van der Waals surface area contributed by atoms with Gasteiger partial charge in [0.05, 0.1) is 0 Å². The summed E-state index contributed by atoms with van der Waals surface area (Å²) >= 11 is 0. The highest BCUT2D eigenvalue weighted by Crippen LogP contribution is 2.38. The highest BCUT2D eigenvalue weighted by atomic mass is 19.1. The number of carbonyl (C=O) groups is 1. The van der Waals surface area contributed by atoms with Crippen LogP contribution in [0.5, 0.6) is 0 Å². The zero-order chi connectivity index (χ0) is 7.99. The molecule has 0 aliphatic heterocycles. The third-order valence-corrected chi connectivity index (χ3v) is 2.37. The van der Waals surface area contributed by atoms with E-state index in [-0.39, 0.29) is 12.8 Å². The second kappa shape index (κ2) is 1.78. The van der Waals surface area contributed by atoms with E-state index >= 15 is 0 Å². The standard InChI is InChI=1S/C7H11FO2/c1-6(10)4-3-5(9)7(6,2)8/h10H,3-4H2,1-2H3/t6-,7-/m0/s1. The van der Waals surface area contributed by atoms with Gasteiger partial charge in [-0.2, -0.15) is 0 Å². The Hall–Kier alpha value is -0.440. The van der Waals surface area contributed by atoms with E-state index in [1.54, 1.807) is 0 Å². The topological polar surface area (TPSA) is 37.3 Å². The van der Waals surface area contributed by atoms with Crippen molar-refractivity contribution >= 4 is 5.78 Å². The minimum Gasteiger partial charge on any atom is -0.386 e. The van der Waals surface area contributed by atoms with Gasteiger partial charge in [0.15, 0.2) is 11.5 Å². The van der Waals surface area contributed by atoms with Crippen LogP contribution in [0.2, 0.25) is 0 Å². The van der Waals surface area contributed by atoms with Crippen molar-refractivity contribution in [3.05, 3.63) is 0 Å². The van der Waals surface area contributed by atoms with Crippen molar-refractivity contribution in [3.63, 3.8) is 0 Å². The lowest BCUT2D eigenvalue weighted by Crippen LogP contribution is -2.45. The molecule has 0 aromatic rings. The van der Waals surface area contributed by atoms with Gasteiger partial charge in [-0.05, 0) is 20.3 Å². The summed E-state index contributed by atoms with van der Waals surface area (Å²) in [6, 6.07) is 0. The van der Waals surface area contributed by atoms with Crippen LogP contribution in [-0.2, 0) is 4.79 Å². The van der Waals surface area contributed by atoms with Gasteiger partial charge in [0.1, 0.15) is 5.60 Å². The molecule has 0 amide bonds. The normalized spacial score (nSPS) is 48.2. The van der Waals surface area contributed by atoms with Crippen LogP contribution in [0.4, 0.5) is 4.39 Å². The number of Topliss-reactive ketones (excluding diaryl/α,β-unsaturated/α-hetero) is 1. The van der Waals surface area contributed by atoms with Crippen molar-refractivity contribution < 1.29 is 14.3 Å². The van der Waals surface area contributed by atoms with E-state index in [4.69, 9.17) is 0 Å². The summed E-state index contributed by atoms with van der Waals surface area (Å²) in [6.07, 6.45) is 0.388. The molecule has 3 heteroatoms. The second-order valence-corrected chi connectivity index (χ2v) is 3.20. The summed E-state index contributed by atoms with van der Waals surface area (Å²) in [6.45, 7) is 2.50. The van der Waals surface area contributed by atoms with E-state index in [0.717, 1.165) is 6.92 Å². The molecular weight excluding hydrogens is 135 g/mol. The van der Waals surface area contributed by atoms with Gasteiger partial charge in [-0.15, -0.1) is 0 Å². The fourth-order valence-electron chi connectivity index (χ4n) is 1.13. The van der Waals surface area contributed by atoms with Gasteiger partial charge in [-0.3, -0.25) is 4.79 Å². The molecule has 0 radical (unpaired) electrons. The van der Waals surface area contributed by atoms with Gasteiger partial charge < -0.3 is 5.11 Å². The highest BCUT2D eigenvalue weighted by molar-refractivity contribution is 5.90. The van der Waals surface area contributed by atoms with Crippen LogP contribution < -0.4 is 0 Å². The number of alkyl halides is 1. The van der Waals surface area contributed by atoms with Crippen LogP contribution in [0.1, 0.15) is 26.7 Å². The van der Waals surface area contributed by atoms with Crippen LogP contribution in [0.3, 0.4) is 0 Å². The zero-order valence-electron chi connectivity index (χ0n) is 6.15. The Kier molecular flexibility index (Phi) is 1.37. The predicted octanol–water partition coefficient (Wildman–Crippen LogP) is 0.829. The molecule has 1 aliphatic rings. The summed E-state index contributed by atoms with van der Waals surface area (Å²) in [5.41, 5.74) is -3.49. The maximum Gasteiger partial charge on any atom is 0.194 e. The third kappa shape index (κ3) is 0.770. The molecule has 1 aliphatic carbocycles. The zero-order valence-corrected chi connectivity index (χ0v) is 6.15. The molecule has 1 fully saturated rings. The second-order valence-electron chi connectivity index (χ2n) is 3.20. The number of aliphatic hydroxyl groups is 1. The van der Waals surface area contributed by atoms with Gasteiger partial charge in [0, 0.05) is 6.42 Å². The van der Waals surface area contributed by atoms with Crippen molar-refractivity contribution in [3.8, 4) is 0 Å². The van der Waals surface area contributed by atoms with E-state index in [0.29, 0.717) is 0 Å². The first-order valence-electron chi connectivity index (χ1n) is 3.32. The molecule has 0 heterocycles. The van der Waals surface area contributed by atoms with Crippen LogP contribution in [0.25, 0.3) is 0 Å². The van der Waals surface area contributed by atoms with E-state index in [1.165, 1.54) is 6.92 Å². The fourth-order valence-corrected chi connectivity index (χ4v) is 1.13. The summed E-state index contributed by atoms with van der Waals surface area (Å²) in [5.74, 6) is -0.488. The molecule has 1 saturated carbocycles. The number of hydrogen-bond donors (Lipinski definition) is 1. The number of hydrogen-bond acceptors (Lipinski definition) is 2. The Morgan fingerprint density at radius 3 is 2.20 bits per heavy atom. The average Bonchev–Trinajstić information content (AvgIpc) is 1.94. The quantitative estimate of drug-likeness (QED) is 0.549. The number of halogens is 1. The monoisotopic (exact) mass is 146 g/mol. The smallest absolute Gasteiger partial charge is 0.194 e. The maximum absolute atomic E-state index is 13.2. The molecule has 1 N–H and O–H groups in total. The first kappa shape index (κ1) is 7.66. The molecular formula is C7H11FO2. The van der Waals surface area contributed by atoms with Crippen molar-refractivity contribution in [1.29, 1.82) is 0 Å². The van der Waals surface area contributed by atoms with Crippen molar-refractivity contribution in [1.82, 2.24) is 0 Å². The Balaban J connectivity index is 2.95. The van der Waals surface area contributed by atoms with E-state index < -0.39 is 17.1 Å². The van der Waals surface area contributed by atoms with Gasteiger partial charge in [-0.25, -0.2) is 4.39 Å². The molecule has 0 spiro atoms. The molecule has 0 bridgehead atoms. The molecule has 1 rings (SSSR count). The molecule has 0 aromatic carbocycles. The number of carbonyl (C=O) groups excluding carboxylic acids is 1. The van der Waals surface area contributed by atoms with Gasteiger partial charge in [0.25, 0.3) is 0 Å². The van der Waals surface area contributed by atoms with Crippen LogP contribution in [-0.4, -0.2) is 22.2 Å². The van der Waals surface area contributed by atoms with Crippen LogP contribution in [0.15, 0.2) is 0 Å². The minimum atomic E-state index is -2.03. The van der Waals surface area contributed by atoms with E-state index in [1.807, 2.05) is 0 Å². The SMILES string of the molecule is C[C@]1(O)CCC(=O)[C@]1(C)F. The first-order valence-corrected chi connectivity index (χ1v) is 3.32. The summed E-state index contributed by atoms with van der Waals surface area (Å²) in [4.78, 5) is 10.8. The maximum atomic E-state index is 13.2. The van der Waals surface area contributed by atoms with Crippen LogP contribution >= 0.6 is 0 Å². The van der Waals surface area contributed by atoms with Gasteiger partial charge in [0.2, 0.25) is 0 Å². The predicted molar refractivity (Wildman–Crippen MR) is 34.4 cm³/mol. The number of ketones is 1. The van der Waals surface area contributed by atoms with Crippen molar-refractivity contribution in [2.75, 3.05) is 0 Å². The molecule has 0 unspecified atom stereocenters. The lowest BCUT2D eigenvalue weighted by molar-refractivity contribution is -0.136. The Labute approximate surface area is 59.0 Å². The Bertz CT molecular complexity index is 172. The summed E-state index contributed by atoms with van der Waals surface area (Å²) in [7, 11) is 0. The molecule has 0 saturated heterocycles. The van der Waals surface area contributed by atoms with Crippen molar-refractivity contribution in [2.45, 2.75) is 38.0 Å². The Morgan fingerprint density at radius 1 is 1.60 bits per heavy atom. The minimum absolute atomic E-state index is 0.153. The molecule has 10 heavy (non-hydrogen) atoms. The lowest BCUT2D eigenvalue weighted by atomic mass is 9.91. The van der Waals surface area contributed by atoms with E-state index in [2.05, 4.69) is 0 Å². The molecule has 58 valence electrons. The fraction of sp³-hybridized carbons (Fsp3) is 0.857. The lowest BCUT2D eigenvalue weighted by Gasteiger charge is -2.26. The van der Waals surface area contributed by atoms with Gasteiger partial charge in [-0.1, -0.05) is 0 Å². The first-order chi connectivity index (χ1) is 4.38. The molecule has 2 nitrogen and oxygen atoms in total. The third-order valence-electron chi connectivity index (χ3n) is 2.37. The summed E-state index contributed by atoms with van der Waals surface area (Å²) in [5, 5.41) is 9.30. The highest BCUT2D eigenvalue weighted by Gasteiger charge is 2.54. The molecule has 0 aromatic heterocycles. The van der Waals surface area contributed by atoms with E-state index in [9.17, 15) is 14.3 Å². The summed E-state index contributed by atoms with van der Waals surface area (Å²) < 4.78 is 13.2. The average molecular weight is 146 g/mol. The van der Waals surface area contributed by atoms with Gasteiger partial charge >= 0.3 is 0 Å². The number of rotatable bonds is 0. The van der Waals surface area contributed by atoms with Crippen molar-refractivity contribution in [2.24, 2.45) is 0 Å². The molecule has 2 atom stereocenters. The van der Waals surface area contributed by atoms with Crippen LogP contribution in [0, 0.1) is 0 Å². The largest absolute Gasteiger partial charge is 0.386 e. The Morgan fingerprint density at radius 2 is 2.10 bits per heavy atom.